The first-order valence-electron chi connectivity index (χ1n) is 10.1. The second-order valence-corrected chi connectivity index (χ2v) is 7.26. The van der Waals surface area contributed by atoms with Gasteiger partial charge in [-0.25, -0.2) is 4.39 Å². The molecule has 1 amide bonds. The Hall–Kier alpha value is -3.75. The van der Waals surface area contributed by atoms with Gasteiger partial charge < -0.3 is 10.2 Å². The van der Waals surface area contributed by atoms with E-state index >= 15 is 0 Å². The van der Waals surface area contributed by atoms with Gasteiger partial charge in [0.05, 0.1) is 41.9 Å². The van der Waals surface area contributed by atoms with Crippen LogP contribution >= 0.6 is 0 Å². The van der Waals surface area contributed by atoms with E-state index in [1.807, 2.05) is 44.3 Å². The molecule has 3 heterocycles. The summed E-state index contributed by atoms with van der Waals surface area (Å²) < 4.78 is 14.9. The summed E-state index contributed by atoms with van der Waals surface area (Å²) in [5.41, 5.74) is 2.99. The summed E-state index contributed by atoms with van der Waals surface area (Å²) in [5, 5.41) is 15.9. The monoisotopic (exact) mass is 421 g/mol. The largest absolute Gasteiger partial charge is 0.377 e. The second kappa shape index (κ2) is 8.95. The molecule has 1 N–H and O–H groups in total. The van der Waals surface area contributed by atoms with Gasteiger partial charge in [-0.05, 0) is 38.1 Å². The molecule has 31 heavy (non-hydrogen) atoms. The minimum absolute atomic E-state index is 0.0802. The van der Waals surface area contributed by atoms with E-state index in [1.165, 1.54) is 17.1 Å². The van der Waals surface area contributed by atoms with Crippen LogP contribution in [0.5, 0.6) is 0 Å². The highest BCUT2D eigenvalue weighted by Gasteiger charge is 2.20. The Labute approximate surface area is 179 Å². The molecule has 1 unspecified atom stereocenters. The van der Waals surface area contributed by atoms with Gasteiger partial charge in [0.2, 0.25) is 0 Å². The van der Waals surface area contributed by atoms with Crippen LogP contribution in [0.3, 0.4) is 0 Å². The van der Waals surface area contributed by atoms with Crippen LogP contribution in [0.1, 0.15) is 34.6 Å². The molecule has 1 atom stereocenters. The van der Waals surface area contributed by atoms with E-state index in [-0.39, 0.29) is 17.8 Å². The number of dihydropyridines is 1. The van der Waals surface area contributed by atoms with Crippen LogP contribution in [0.4, 0.5) is 4.39 Å². The lowest BCUT2D eigenvalue weighted by atomic mass is 10.1. The molecular weight excluding hydrogens is 397 g/mol. The molecule has 0 aliphatic carbocycles. The topological polar surface area (TPSA) is 80.9 Å². The number of halogens is 1. The summed E-state index contributed by atoms with van der Waals surface area (Å²) in [6.07, 6.45) is 9.51. The number of amides is 1. The summed E-state index contributed by atoms with van der Waals surface area (Å²) in [4.78, 5) is 16.6. The van der Waals surface area contributed by atoms with Crippen LogP contribution in [-0.2, 0) is 6.54 Å². The summed E-state index contributed by atoms with van der Waals surface area (Å²) >= 11 is 0. The molecule has 3 aromatic rings. The maximum atomic E-state index is 13.3. The normalized spacial score (nSPS) is 15.5. The summed E-state index contributed by atoms with van der Waals surface area (Å²) in [7, 11) is 0. The van der Waals surface area contributed by atoms with E-state index in [0.29, 0.717) is 30.9 Å². The molecule has 0 saturated heterocycles. The van der Waals surface area contributed by atoms with Crippen LogP contribution in [0.2, 0.25) is 0 Å². The number of nitrogens with one attached hydrogen (secondary N) is 1. The van der Waals surface area contributed by atoms with Crippen molar-refractivity contribution in [1.29, 1.82) is 0 Å². The number of hydrogen-bond acceptors (Lipinski definition) is 5. The van der Waals surface area contributed by atoms with Gasteiger partial charge in [-0.1, -0.05) is 17.7 Å². The molecule has 1 aromatic carbocycles. The van der Waals surface area contributed by atoms with Crippen LogP contribution in [-0.4, -0.2) is 48.7 Å². The fourth-order valence-corrected chi connectivity index (χ4v) is 3.45. The number of likely N-dealkylation sites (N-methyl/N-ethyl adjacent to an activating group) is 1. The van der Waals surface area contributed by atoms with Gasteiger partial charge in [0.25, 0.3) is 5.91 Å². The molecule has 8 nitrogen and oxygen atoms in total. The van der Waals surface area contributed by atoms with Gasteiger partial charge in [0, 0.05) is 25.5 Å². The summed E-state index contributed by atoms with van der Waals surface area (Å²) in [6.45, 7) is 5.50. The fourth-order valence-electron chi connectivity index (χ4n) is 3.45. The Kier molecular flexibility index (Phi) is 5.92. The summed E-state index contributed by atoms with van der Waals surface area (Å²) in [5.74, 6) is -0.392. The zero-order valence-electron chi connectivity index (χ0n) is 17.4. The lowest BCUT2D eigenvalue weighted by Crippen LogP contribution is -2.34. The number of carbonyl (C=O) groups excluding carboxylic acids is 1. The molecule has 9 heteroatoms. The molecule has 2 aromatic heterocycles. The number of rotatable bonds is 7. The van der Waals surface area contributed by atoms with Crippen LogP contribution in [0.15, 0.2) is 67.0 Å². The molecule has 0 saturated carbocycles. The first-order chi connectivity index (χ1) is 15.0. The second-order valence-electron chi connectivity index (χ2n) is 7.26. The standard InChI is InChI=1S/C22H24FN7O/c1-3-28(12-13-29-11-8-20(27-29)19-6-5-17(23)15-24-19)22(31)18-14-16(2)4-7-21(18)30-25-9-10-26-30/h4-11,14-15,19,24H,3,12-13H2,1-2H3. The molecule has 0 spiro atoms. The van der Waals surface area contributed by atoms with Crippen LogP contribution in [0.25, 0.3) is 5.69 Å². The molecule has 160 valence electrons. The molecule has 0 fully saturated rings. The predicted octanol–water partition coefficient (Wildman–Crippen LogP) is 2.95. The van der Waals surface area contributed by atoms with Crippen molar-refractivity contribution in [3.8, 4) is 5.69 Å². The van der Waals surface area contributed by atoms with Gasteiger partial charge in [-0.2, -0.15) is 20.1 Å². The Balaban J connectivity index is 1.46. The quantitative estimate of drug-likeness (QED) is 0.634. The maximum Gasteiger partial charge on any atom is 0.256 e. The zero-order chi connectivity index (χ0) is 21.8. The number of hydrogen-bond donors (Lipinski definition) is 1. The van der Waals surface area contributed by atoms with Crippen LogP contribution < -0.4 is 5.32 Å². The predicted molar refractivity (Wildman–Crippen MR) is 114 cm³/mol. The van der Waals surface area contributed by atoms with E-state index in [2.05, 4.69) is 20.6 Å². The van der Waals surface area contributed by atoms with Crippen molar-refractivity contribution in [1.82, 2.24) is 35.0 Å². The molecule has 0 bridgehead atoms. The first-order valence-corrected chi connectivity index (χ1v) is 10.1. The average Bonchev–Trinajstić information content (AvgIpc) is 3.47. The molecular formula is C22H24FN7O. The number of carbonyl (C=O) groups is 1. The lowest BCUT2D eigenvalue weighted by Gasteiger charge is -2.22. The number of nitrogens with zero attached hydrogens (tertiary/aromatic N) is 6. The number of allylic oxidation sites excluding steroid dienone is 2. The van der Waals surface area contributed by atoms with Gasteiger partial charge in [-0.15, -0.1) is 0 Å². The number of aryl methyl sites for hydroxylation is 1. The Morgan fingerprint density at radius 2 is 2.06 bits per heavy atom. The van der Waals surface area contributed by atoms with Gasteiger partial charge in [0.15, 0.2) is 0 Å². The van der Waals surface area contributed by atoms with Gasteiger partial charge in [-0.3, -0.25) is 9.48 Å². The van der Waals surface area contributed by atoms with Crippen molar-refractivity contribution < 1.29 is 9.18 Å². The van der Waals surface area contributed by atoms with Crippen LogP contribution in [0, 0.1) is 6.92 Å². The molecule has 1 aliphatic rings. The molecule has 0 radical (unpaired) electrons. The van der Waals surface area contributed by atoms with E-state index < -0.39 is 0 Å². The zero-order valence-corrected chi connectivity index (χ0v) is 17.4. The SMILES string of the molecule is CCN(CCn1ccc(C2C=CC(F)=CN2)n1)C(=O)c1cc(C)ccc1-n1nccn1. The highest BCUT2D eigenvalue weighted by molar-refractivity contribution is 5.97. The van der Waals surface area contributed by atoms with E-state index in [9.17, 15) is 9.18 Å². The molecule has 1 aliphatic heterocycles. The van der Waals surface area contributed by atoms with Crippen molar-refractivity contribution in [2.24, 2.45) is 0 Å². The minimum Gasteiger partial charge on any atom is -0.377 e. The Bertz CT molecular complexity index is 1120. The number of benzene rings is 1. The van der Waals surface area contributed by atoms with Crippen molar-refractivity contribution in [3.05, 3.63) is 83.9 Å². The van der Waals surface area contributed by atoms with Crippen molar-refractivity contribution in [2.45, 2.75) is 26.4 Å². The Morgan fingerprint density at radius 1 is 1.26 bits per heavy atom. The highest BCUT2D eigenvalue weighted by Crippen LogP contribution is 2.19. The van der Waals surface area contributed by atoms with E-state index in [4.69, 9.17) is 0 Å². The third kappa shape index (κ3) is 4.55. The van der Waals surface area contributed by atoms with E-state index in [1.54, 1.807) is 28.1 Å². The minimum atomic E-state index is -0.311. The van der Waals surface area contributed by atoms with Gasteiger partial charge in [0.1, 0.15) is 5.83 Å². The average molecular weight is 421 g/mol. The number of aromatic nitrogens is 5. The summed E-state index contributed by atoms with van der Waals surface area (Å²) in [6, 6.07) is 7.38. The maximum absolute atomic E-state index is 13.3. The highest BCUT2D eigenvalue weighted by atomic mass is 19.1. The van der Waals surface area contributed by atoms with E-state index in [0.717, 1.165) is 11.3 Å². The van der Waals surface area contributed by atoms with Crippen molar-refractivity contribution in [3.63, 3.8) is 0 Å². The first kappa shape index (κ1) is 20.5. The molecule has 4 rings (SSSR count). The van der Waals surface area contributed by atoms with Crippen molar-refractivity contribution >= 4 is 5.91 Å². The Morgan fingerprint density at radius 3 is 2.77 bits per heavy atom. The third-order valence-electron chi connectivity index (χ3n) is 5.11. The fraction of sp³-hybridized carbons (Fsp3) is 0.273. The third-order valence-corrected chi connectivity index (χ3v) is 5.11. The van der Waals surface area contributed by atoms with Gasteiger partial charge >= 0.3 is 0 Å². The van der Waals surface area contributed by atoms with Crippen molar-refractivity contribution in [2.75, 3.05) is 13.1 Å². The lowest BCUT2D eigenvalue weighted by molar-refractivity contribution is 0.0757. The smallest absolute Gasteiger partial charge is 0.256 e.